The van der Waals surface area contributed by atoms with E-state index in [0.717, 1.165) is 54.0 Å². The van der Waals surface area contributed by atoms with E-state index in [1.807, 2.05) is 38.1 Å². The minimum Gasteiger partial charge on any atom is -0.494 e. The van der Waals surface area contributed by atoms with Gasteiger partial charge in [0.1, 0.15) is 23.3 Å². The maximum absolute atomic E-state index is 12.9. The average molecular weight is 409 g/mol. The van der Waals surface area contributed by atoms with Gasteiger partial charge in [-0.3, -0.25) is 4.79 Å². The largest absolute Gasteiger partial charge is 0.494 e. The first kappa shape index (κ1) is 20.1. The molecule has 1 unspecified atom stereocenters. The highest BCUT2D eigenvalue weighted by atomic mass is 16.5. The van der Waals surface area contributed by atoms with Gasteiger partial charge in [0.15, 0.2) is 0 Å². The molecule has 1 fully saturated rings. The summed E-state index contributed by atoms with van der Waals surface area (Å²) in [5.41, 5.74) is 2.32. The molecule has 3 heterocycles. The lowest BCUT2D eigenvalue weighted by atomic mass is 9.96. The van der Waals surface area contributed by atoms with Crippen LogP contribution >= 0.6 is 0 Å². The van der Waals surface area contributed by atoms with E-state index in [1.165, 1.54) is 6.33 Å². The van der Waals surface area contributed by atoms with E-state index in [9.17, 15) is 4.79 Å². The molecule has 0 radical (unpaired) electrons. The number of anilines is 1. The topological polar surface area (TPSA) is 93.4 Å². The van der Waals surface area contributed by atoms with E-state index in [-0.39, 0.29) is 11.8 Å². The molecule has 30 heavy (non-hydrogen) atoms. The number of nitrogens with zero attached hydrogens (tertiary/aromatic N) is 4. The number of para-hydroxylation sites is 1. The molecule has 1 atom stereocenters. The summed E-state index contributed by atoms with van der Waals surface area (Å²) in [5, 5.41) is 8.05. The highest BCUT2D eigenvalue weighted by molar-refractivity contribution is 5.88. The van der Waals surface area contributed by atoms with Crippen LogP contribution in [0.15, 0.2) is 35.1 Å². The third kappa shape index (κ3) is 4.08. The third-order valence-electron chi connectivity index (χ3n) is 5.48. The highest BCUT2D eigenvalue weighted by Gasteiger charge is 2.28. The van der Waals surface area contributed by atoms with Crippen LogP contribution in [0.4, 0.5) is 5.82 Å². The van der Waals surface area contributed by atoms with Crippen molar-refractivity contribution in [3.8, 4) is 5.75 Å². The molecule has 4 rings (SSSR count). The number of aromatic nitrogens is 3. The first-order valence-electron chi connectivity index (χ1n) is 10.5. The van der Waals surface area contributed by atoms with Gasteiger partial charge in [-0.2, -0.15) is 4.98 Å². The van der Waals surface area contributed by atoms with Crippen molar-refractivity contribution in [1.82, 2.24) is 20.4 Å². The summed E-state index contributed by atoms with van der Waals surface area (Å²) < 4.78 is 11.0. The molecule has 1 aromatic carbocycles. The maximum Gasteiger partial charge on any atom is 0.263 e. The Hall–Kier alpha value is -3.16. The maximum atomic E-state index is 12.9. The Morgan fingerprint density at radius 1 is 1.30 bits per heavy atom. The van der Waals surface area contributed by atoms with Gasteiger partial charge in [0.25, 0.3) is 5.71 Å². The standard InChI is InChI=1S/C22H27N5O3/c1-3-17-19-20(24-14-25-22(19)30-26-17)27-11-7-9-16(13-27)21(28)23-12-15-8-5-6-10-18(15)29-4-2/h5-6,8,10,14,16H,3-4,7,9,11-13H2,1-2H3,(H,23,28). The number of rotatable bonds is 7. The number of piperidine rings is 1. The molecule has 0 spiro atoms. The Morgan fingerprint density at radius 2 is 2.17 bits per heavy atom. The minimum atomic E-state index is -0.104. The smallest absolute Gasteiger partial charge is 0.263 e. The van der Waals surface area contributed by atoms with Crippen LogP contribution in [0.5, 0.6) is 5.75 Å². The van der Waals surface area contributed by atoms with E-state index in [4.69, 9.17) is 9.26 Å². The Bertz CT molecular complexity index is 1020. The zero-order valence-corrected chi connectivity index (χ0v) is 17.4. The second-order valence-electron chi connectivity index (χ2n) is 7.40. The van der Waals surface area contributed by atoms with Gasteiger partial charge in [-0.1, -0.05) is 30.3 Å². The predicted octanol–water partition coefficient (Wildman–Crippen LogP) is 3.11. The van der Waals surface area contributed by atoms with E-state index in [1.54, 1.807) is 0 Å². The van der Waals surface area contributed by atoms with Crippen LogP contribution in [0.1, 0.15) is 37.9 Å². The Kier molecular flexibility index (Phi) is 6.11. The second kappa shape index (κ2) is 9.11. The summed E-state index contributed by atoms with van der Waals surface area (Å²) in [5.74, 6) is 1.57. The van der Waals surface area contributed by atoms with Crippen molar-refractivity contribution >= 4 is 22.8 Å². The third-order valence-corrected chi connectivity index (χ3v) is 5.48. The number of benzene rings is 1. The van der Waals surface area contributed by atoms with Gasteiger partial charge in [-0.15, -0.1) is 0 Å². The van der Waals surface area contributed by atoms with Crippen molar-refractivity contribution in [3.63, 3.8) is 0 Å². The molecule has 1 amide bonds. The van der Waals surface area contributed by atoms with E-state index < -0.39 is 0 Å². The molecule has 0 saturated carbocycles. The number of carbonyl (C=O) groups excluding carboxylic acids is 1. The zero-order valence-electron chi connectivity index (χ0n) is 17.4. The molecular formula is C22H27N5O3. The summed E-state index contributed by atoms with van der Waals surface area (Å²) in [6.45, 7) is 6.49. The number of nitrogens with one attached hydrogen (secondary N) is 1. The lowest BCUT2D eigenvalue weighted by Gasteiger charge is -2.33. The normalized spacial score (nSPS) is 16.6. The van der Waals surface area contributed by atoms with E-state index in [0.29, 0.717) is 25.4 Å². The minimum absolute atomic E-state index is 0.0531. The van der Waals surface area contributed by atoms with Crippen LogP contribution < -0.4 is 15.0 Å². The van der Waals surface area contributed by atoms with Crippen molar-refractivity contribution in [2.75, 3.05) is 24.6 Å². The molecule has 8 nitrogen and oxygen atoms in total. The monoisotopic (exact) mass is 409 g/mol. The molecule has 1 saturated heterocycles. The van der Waals surface area contributed by atoms with Crippen molar-refractivity contribution in [1.29, 1.82) is 0 Å². The zero-order chi connectivity index (χ0) is 20.9. The fourth-order valence-corrected chi connectivity index (χ4v) is 3.96. The van der Waals surface area contributed by atoms with Crippen molar-refractivity contribution in [3.05, 3.63) is 41.9 Å². The molecule has 1 N–H and O–H groups in total. The quantitative estimate of drug-likeness (QED) is 0.641. The fraction of sp³-hybridized carbons (Fsp3) is 0.455. The number of amides is 1. The SMILES string of the molecule is CCOc1ccccc1CNC(=O)C1CCCN(c2ncnc3onc(CC)c23)C1. The lowest BCUT2D eigenvalue weighted by molar-refractivity contribution is -0.125. The summed E-state index contributed by atoms with van der Waals surface area (Å²) in [4.78, 5) is 23.8. The number of hydrogen-bond acceptors (Lipinski definition) is 7. The highest BCUT2D eigenvalue weighted by Crippen LogP contribution is 2.30. The molecule has 0 aliphatic carbocycles. The van der Waals surface area contributed by atoms with Gasteiger partial charge in [0.05, 0.1) is 18.2 Å². The van der Waals surface area contributed by atoms with Gasteiger partial charge >= 0.3 is 0 Å². The number of fused-ring (bicyclic) bond motifs is 1. The number of aryl methyl sites for hydroxylation is 1. The fourth-order valence-electron chi connectivity index (χ4n) is 3.96. The van der Waals surface area contributed by atoms with Gasteiger partial charge in [-0.05, 0) is 32.3 Å². The molecule has 158 valence electrons. The molecule has 0 bridgehead atoms. The predicted molar refractivity (Wildman–Crippen MR) is 113 cm³/mol. The Balaban J connectivity index is 1.46. The van der Waals surface area contributed by atoms with Crippen molar-refractivity contribution < 1.29 is 14.1 Å². The van der Waals surface area contributed by atoms with Crippen LogP contribution in [-0.4, -0.2) is 40.7 Å². The van der Waals surface area contributed by atoms with E-state index >= 15 is 0 Å². The van der Waals surface area contributed by atoms with Gasteiger partial charge in [0.2, 0.25) is 5.91 Å². The average Bonchev–Trinajstić information content (AvgIpc) is 3.22. The van der Waals surface area contributed by atoms with Crippen LogP contribution in [0.3, 0.4) is 0 Å². The van der Waals surface area contributed by atoms with Crippen LogP contribution in [-0.2, 0) is 17.8 Å². The van der Waals surface area contributed by atoms with Crippen LogP contribution in [0.25, 0.3) is 11.1 Å². The van der Waals surface area contributed by atoms with E-state index in [2.05, 4.69) is 25.3 Å². The van der Waals surface area contributed by atoms with Gasteiger partial charge in [0, 0.05) is 25.2 Å². The van der Waals surface area contributed by atoms with Crippen LogP contribution in [0.2, 0.25) is 0 Å². The van der Waals surface area contributed by atoms with Gasteiger partial charge < -0.3 is 19.5 Å². The number of ether oxygens (including phenoxy) is 1. The first-order chi connectivity index (χ1) is 14.7. The summed E-state index contributed by atoms with van der Waals surface area (Å²) in [6, 6.07) is 7.80. The number of carbonyl (C=O) groups is 1. The second-order valence-corrected chi connectivity index (χ2v) is 7.40. The Labute approximate surface area is 175 Å². The summed E-state index contributed by atoms with van der Waals surface area (Å²) >= 11 is 0. The molecule has 8 heteroatoms. The lowest BCUT2D eigenvalue weighted by Crippen LogP contribution is -2.43. The first-order valence-corrected chi connectivity index (χ1v) is 10.5. The molecule has 2 aromatic heterocycles. The van der Waals surface area contributed by atoms with Crippen molar-refractivity contribution in [2.45, 2.75) is 39.7 Å². The van der Waals surface area contributed by atoms with Crippen molar-refractivity contribution in [2.24, 2.45) is 5.92 Å². The molecule has 3 aromatic rings. The Morgan fingerprint density at radius 3 is 3.00 bits per heavy atom. The molecule has 1 aliphatic heterocycles. The molecular weight excluding hydrogens is 382 g/mol. The number of hydrogen-bond donors (Lipinski definition) is 1. The summed E-state index contributed by atoms with van der Waals surface area (Å²) in [6.07, 6.45) is 4.01. The van der Waals surface area contributed by atoms with Crippen LogP contribution in [0, 0.1) is 5.92 Å². The summed E-state index contributed by atoms with van der Waals surface area (Å²) in [7, 11) is 0. The molecule has 1 aliphatic rings. The van der Waals surface area contributed by atoms with Gasteiger partial charge in [-0.25, -0.2) is 4.98 Å².